The molecule has 1 aromatic heterocycles. The number of nitrogens with one attached hydrogen (secondary N) is 2. The topological polar surface area (TPSA) is 37.0 Å². The summed E-state index contributed by atoms with van der Waals surface area (Å²) in [5, 5.41) is 7.31. The summed E-state index contributed by atoms with van der Waals surface area (Å²) in [5.74, 6) is 0.905. The van der Waals surface area contributed by atoms with Gasteiger partial charge >= 0.3 is 0 Å². The first-order valence-corrected chi connectivity index (χ1v) is 4.83. The summed E-state index contributed by atoms with van der Waals surface area (Å²) in [7, 11) is 0. The molecule has 1 atom stereocenters. The zero-order valence-electron chi connectivity index (χ0n) is 7.47. The summed E-state index contributed by atoms with van der Waals surface area (Å²) in [6, 6.07) is 2.36. The molecule has 0 saturated carbocycles. The lowest BCUT2D eigenvalue weighted by Gasteiger charge is -2.26. The van der Waals surface area contributed by atoms with Crippen LogP contribution in [0.4, 0.5) is 11.5 Å². The number of fused-ring (bicyclic) bond motifs is 1. The molecule has 0 radical (unpaired) electrons. The summed E-state index contributed by atoms with van der Waals surface area (Å²) in [6.07, 6.45) is 2.75. The average Bonchev–Trinajstić information content (AvgIpc) is 2.17. The Kier molecular flexibility index (Phi) is 2.27. The molecule has 0 aliphatic carbocycles. The maximum Gasteiger partial charge on any atom is 0.149 e. The Morgan fingerprint density at radius 1 is 1.69 bits per heavy atom. The van der Waals surface area contributed by atoms with Crippen molar-refractivity contribution in [3.8, 4) is 0 Å². The molecule has 1 aliphatic rings. The van der Waals surface area contributed by atoms with Crippen LogP contribution in [-0.4, -0.2) is 17.6 Å². The van der Waals surface area contributed by atoms with E-state index in [1.165, 1.54) is 0 Å². The highest BCUT2D eigenvalue weighted by molar-refractivity contribution is 6.30. The van der Waals surface area contributed by atoms with Crippen LogP contribution in [0.15, 0.2) is 12.3 Å². The highest BCUT2D eigenvalue weighted by Crippen LogP contribution is 2.26. The maximum atomic E-state index is 5.82. The van der Waals surface area contributed by atoms with Gasteiger partial charge in [-0.25, -0.2) is 4.98 Å². The van der Waals surface area contributed by atoms with E-state index in [0.29, 0.717) is 11.1 Å². The molecule has 3 nitrogen and oxygen atoms in total. The Morgan fingerprint density at radius 2 is 2.54 bits per heavy atom. The van der Waals surface area contributed by atoms with Gasteiger partial charge in [-0.05, 0) is 12.5 Å². The van der Waals surface area contributed by atoms with Crippen LogP contribution < -0.4 is 10.6 Å². The van der Waals surface area contributed by atoms with Gasteiger partial charge in [0.15, 0.2) is 0 Å². The molecule has 2 N–H and O–H groups in total. The van der Waals surface area contributed by atoms with Crippen molar-refractivity contribution in [2.24, 2.45) is 0 Å². The second kappa shape index (κ2) is 3.42. The third-order valence-corrected chi connectivity index (χ3v) is 2.43. The first kappa shape index (κ1) is 8.63. The molecule has 0 fully saturated rings. The number of anilines is 2. The first-order chi connectivity index (χ1) is 6.29. The lowest BCUT2D eigenvalue weighted by atomic mass is 10.2. The quantitative estimate of drug-likeness (QED) is 0.726. The molecule has 1 aliphatic heterocycles. The van der Waals surface area contributed by atoms with Gasteiger partial charge in [0.25, 0.3) is 0 Å². The Morgan fingerprint density at radius 3 is 3.31 bits per heavy atom. The van der Waals surface area contributed by atoms with Crippen molar-refractivity contribution >= 4 is 23.1 Å². The predicted molar refractivity (Wildman–Crippen MR) is 55.4 cm³/mol. The number of halogens is 1. The normalized spacial score (nSPS) is 20.0. The van der Waals surface area contributed by atoms with Crippen molar-refractivity contribution in [2.75, 3.05) is 17.2 Å². The molecule has 0 bridgehead atoms. The molecule has 0 aromatic carbocycles. The lowest BCUT2D eigenvalue weighted by Crippen LogP contribution is -2.32. The minimum absolute atomic E-state index is 0.473. The molecular formula is C9H12ClN3. The second-order valence-electron chi connectivity index (χ2n) is 3.18. The minimum atomic E-state index is 0.473. The lowest BCUT2D eigenvalue weighted by molar-refractivity contribution is 0.708. The fourth-order valence-corrected chi connectivity index (χ4v) is 1.57. The summed E-state index contributed by atoms with van der Waals surface area (Å²) < 4.78 is 0. The van der Waals surface area contributed by atoms with E-state index in [0.717, 1.165) is 24.5 Å². The maximum absolute atomic E-state index is 5.82. The molecule has 1 aromatic rings. The van der Waals surface area contributed by atoms with Crippen molar-refractivity contribution in [2.45, 2.75) is 19.4 Å². The monoisotopic (exact) mass is 197 g/mol. The summed E-state index contributed by atoms with van der Waals surface area (Å²) >= 11 is 5.82. The van der Waals surface area contributed by atoms with Gasteiger partial charge in [-0.2, -0.15) is 0 Å². The fraction of sp³-hybridized carbons (Fsp3) is 0.444. The Labute approximate surface area is 82.5 Å². The molecule has 1 unspecified atom stereocenters. The molecule has 13 heavy (non-hydrogen) atoms. The number of nitrogens with zero attached hydrogens (tertiary/aromatic N) is 1. The first-order valence-electron chi connectivity index (χ1n) is 4.45. The van der Waals surface area contributed by atoms with Gasteiger partial charge in [-0.15, -0.1) is 0 Å². The average molecular weight is 198 g/mol. The second-order valence-corrected chi connectivity index (χ2v) is 3.62. The molecular weight excluding hydrogens is 186 g/mol. The third kappa shape index (κ3) is 1.70. The van der Waals surface area contributed by atoms with E-state index in [1.54, 1.807) is 6.20 Å². The van der Waals surface area contributed by atoms with Crippen molar-refractivity contribution in [1.82, 2.24) is 4.98 Å². The predicted octanol–water partition coefficient (Wildman–Crippen LogP) is 2.35. The van der Waals surface area contributed by atoms with E-state index in [9.17, 15) is 0 Å². The fourth-order valence-electron chi connectivity index (χ4n) is 1.41. The number of rotatable bonds is 1. The van der Waals surface area contributed by atoms with Gasteiger partial charge in [-0.1, -0.05) is 18.5 Å². The SMILES string of the molecule is CCC1CNc2cc(Cl)cnc2N1. The van der Waals surface area contributed by atoms with Crippen molar-refractivity contribution in [3.63, 3.8) is 0 Å². The largest absolute Gasteiger partial charge is 0.380 e. The van der Waals surface area contributed by atoms with Crippen LogP contribution in [0, 0.1) is 0 Å². The zero-order valence-corrected chi connectivity index (χ0v) is 8.23. The standard InChI is InChI=1S/C9H12ClN3/c1-2-7-5-11-8-3-6(10)4-12-9(8)13-7/h3-4,7,11H,2,5H2,1H3,(H,12,13). The molecule has 2 heterocycles. The van der Waals surface area contributed by atoms with E-state index in [-0.39, 0.29) is 0 Å². The molecule has 0 amide bonds. The summed E-state index contributed by atoms with van der Waals surface area (Å²) in [4.78, 5) is 4.21. The van der Waals surface area contributed by atoms with Crippen molar-refractivity contribution in [1.29, 1.82) is 0 Å². The van der Waals surface area contributed by atoms with Crippen LogP contribution in [0.25, 0.3) is 0 Å². The van der Waals surface area contributed by atoms with Gasteiger partial charge in [0.2, 0.25) is 0 Å². The van der Waals surface area contributed by atoms with Gasteiger partial charge in [0, 0.05) is 18.8 Å². The van der Waals surface area contributed by atoms with Gasteiger partial charge < -0.3 is 10.6 Å². The Bertz CT molecular complexity index is 314. The highest BCUT2D eigenvalue weighted by Gasteiger charge is 2.16. The Balaban J connectivity index is 2.26. The van der Waals surface area contributed by atoms with Crippen LogP contribution >= 0.6 is 11.6 Å². The van der Waals surface area contributed by atoms with Crippen molar-refractivity contribution in [3.05, 3.63) is 17.3 Å². The van der Waals surface area contributed by atoms with Gasteiger partial charge in [0.1, 0.15) is 5.82 Å². The van der Waals surface area contributed by atoms with Crippen LogP contribution in [0.2, 0.25) is 5.02 Å². The molecule has 2 rings (SSSR count). The molecule has 70 valence electrons. The highest BCUT2D eigenvalue weighted by atomic mass is 35.5. The van der Waals surface area contributed by atoms with Crippen LogP contribution in [0.3, 0.4) is 0 Å². The molecule has 4 heteroatoms. The van der Waals surface area contributed by atoms with Gasteiger partial charge in [0.05, 0.1) is 10.7 Å². The van der Waals surface area contributed by atoms with Crippen LogP contribution in [-0.2, 0) is 0 Å². The number of aromatic nitrogens is 1. The number of hydrogen-bond acceptors (Lipinski definition) is 3. The summed E-state index contributed by atoms with van der Waals surface area (Å²) in [6.45, 7) is 3.09. The van der Waals surface area contributed by atoms with Crippen LogP contribution in [0.1, 0.15) is 13.3 Å². The molecule has 0 saturated heterocycles. The van der Waals surface area contributed by atoms with Gasteiger partial charge in [-0.3, -0.25) is 0 Å². The van der Waals surface area contributed by atoms with Crippen LogP contribution in [0.5, 0.6) is 0 Å². The minimum Gasteiger partial charge on any atom is -0.380 e. The zero-order chi connectivity index (χ0) is 9.26. The smallest absolute Gasteiger partial charge is 0.149 e. The van der Waals surface area contributed by atoms with E-state index < -0.39 is 0 Å². The molecule has 0 spiro atoms. The number of hydrogen-bond donors (Lipinski definition) is 2. The van der Waals surface area contributed by atoms with E-state index in [4.69, 9.17) is 11.6 Å². The van der Waals surface area contributed by atoms with Crippen molar-refractivity contribution < 1.29 is 0 Å². The van der Waals surface area contributed by atoms with E-state index in [2.05, 4.69) is 22.5 Å². The van der Waals surface area contributed by atoms with E-state index in [1.807, 2.05) is 6.07 Å². The summed E-state index contributed by atoms with van der Waals surface area (Å²) in [5.41, 5.74) is 0.997. The van der Waals surface area contributed by atoms with E-state index >= 15 is 0 Å². The third-order valence-electron chi connectivity index (χ3n) is 2.23. The Hall–Kier alpha value is -0.960. The number of pyridine rings is 1.